The van der Waals surface area contributed by atoms with E-state index in [-0.39, 0.29) is 17.0 Å². The van der Waals surface area contributed by atoms with Crippen LogP contribution in [0.15, 0.2) is 45.9 Å². The van der Waals surface area contributed by atoms with E-state index in [0.717, 1.165) is 10.7 Å². The van der Waals surface area contributed by atoms with Crippen molar-refractivity contribution in [2.75, 3.05) is 0 Å². The Kier molecular flexibility index (Phi) is 4.01. The van der Waals surface area contributed by atoms with Gasteiger partial charge in [-0.15, -0.1) is 11.8 Å². The van der Waals surface area contributed by atoms with Gasteiger partial charge in [-0.25, -0.2) is 0 Å². The highest BCUT2D eigenvalue weighted by molar-refractivity contribution is 7.98. The van der Waals surface area contributed by atoms with E-state index in [1.165, 1.54) is 30.8 Å². The first-order chi connectivity index (χ1) is 9.08. The molecule has 0 bridgehead atoms. The van der Waals surface area contributed by atoms with E-state index in [4.69, 9.17) is 4.42 Å². The summed E-state index contributed by atoms with van der Waals surface area (Å²) in [7, 11) is 0. The van der Waals surface area contributed by atoms with Crippen LogP contribution in [-0.2, 0) is 5.75 Å². The molecule has 0 radical (unpaired) electrons. The third kappa shape index (κ3) is 3.23. The molecular weight excluding hydrogens is 266 g/mol. The van der Waals surface area contributed by atoms with Gasteiger partial charge in [-0.3, -0.25) is 14.9 Å². The lowest BCUT2D eigenvalue weighted by Crippen LogP contribution is -2.00. The average molecular weight is 277 g/mol. The summed E-state index contributed by atoms with van der Waals surface area (Å²) in [6.45, 7) is 1.32. The second kappa shape index (κ2) is 5.71. The van der Waals surface area contributed by atoms with Crippen LogP contribution in [0.1, 0.15) is 23.0 Å². The van der Waals surface area contributed by atoms with Gasteiger partial charge < -0.3 is 4.42 Å². The number of thioether (sulfide) groups is 1. The Morgan fingerprint density at radius 3 is 2.79 bits per heavy atom. The van der Waals surface area contributed by atoms with Crippen molar-refractivity contribution in [3.63, 3.8) is 0 Å². The topological polar surface area (TPSA) is 73.3 Å². The van der Waals surface area contributed by atoms with Gasteiger partial charge in [-0.1, -0.05) is 0 Å². The van der Waals surface area contributed by atoms with Gasteiger partial charge in [0.25, 0.3) is 5.69 Å². The van der Waals surface area contributed by atoms with Gasteiger partial charge >= 0.3 is 0 Å². The number of carbonyl (C=O) groups is 1. The average Bonchev–Trinajstić information content (AvgIpc) is 2.88. The number of nitrogens with zero attached hydrogens (tertiary/aromatic N) is 1. The standard InChI is InChI=1S/C13H11NO4S/c1-9(15)12-5-4-11(7-13(12)14(16)17)19-8-10-3-2-6-18-10/h2-7H,8H2,1H3. The molecule has 98 valence electrons. The number of hydrogen-bond acceptors (Lipinski definition) is 5. The van der Waals surface area contributed by atoms with Gasteiger partial charge in [-0.2, -0.15) is 0 Å². The smallest absolute Gasteiger partial charge is 0.281 e. The van der Waals surface area contributed by atoms with E-state index in [2.05, 4.69) is 0 Å². The molecule has 0 saturated heterocycles. The van der Waals surface area contributed by atoms with Crippen LogP contribution in [0.5, 0.6) is 0 Å². The monoisotopic (exact) mass is 277 g/mol. The number of furan rings is 1. The minimum absolute atomic E-state index is 0.132. The van der Waals surface area contributed by atoms with Crippen LogP contribution in [0, 0.1) is 10.1 Å². The number of nitro groups is 1. The van der Waals surface area contributed by atoms with Crippen molar-refractivity contribution in [2.45, 2.75) is 17.6 Å². The Bertz CT molecular complexity index is 607. The number of carbonyl (C=O) groups excluding carboxylic acids is 1. The molecule has 1 aromatic carbocycles. The maximum atomic E-state index is 11.3. The molecule has 0 fully saturated rings. The lowest BCUT2D eigenvalue weighted by Gasteiger charge is -2.03. The van der Waals surface area contributed by atoms with E-state index in [9.17, 15) is 14.9 Å². The molecule has 2 rings (SSSR count). The zero-order valence-electron chi connectivity index (χ0n) is 10.2. The summed E-state index contributed by atoms with van der Waals surface area (Å²) in [6, 6.07) is 8.25. The van der Waals surface area contributed by atoms with Crippen LogP contribution in [0.3, 0.4) is 0 Å². The zero-order chi connectivity index (χ0) is 13.8. The quantitative estimate of drug-likeness (QED) is 0.361. The maximum Gasteiger partial charge on any atom is 0.281 e. The summed E-state index contributed by atoms with van der Waals surface area (Å²) in [4.78, 5) is 22.4. The molecule has 2 aromatic rings. The van der Waals surface area contributed by atoms with E-state index >= 15 is 0 Å². The Balaban J connectivity index is 2.20. The van der Waals surface area contributed by atoms with Gasteiger partial charge in [0, 0.05) is 11.0 Å². The maximum absolute atomic E-state index is 11.3. The fourth-order valence-corrected chi connectivity index (χ4v) is 2.43. The largest absolute Gasteiger partial charge is 0.468 e. The molecule has 6 heteroatoms. The lowest BCUT2D eigenvalue weighted by molar-refractivity contribution is -0.385. The Labute approximate surface area is 113 Å². The number of benzene rings is 1. The molecule has 0 atom stereocenters. The Morgan fingerprint density at radius 2 is 2.21 bits per heavy atom. The first-order valence-corrected chi connectivity index (χ1v) is 6.51. The summed E-state index contributed by atoms with van der Waals surface area (Å²) in [6.07, 6.45) is 1.58. The fraction of sp³-hybridized carbons (Fsp3) is 0.154. The summed E-state index contributed by atoms with van der Waals surface area (Å²) in [5.74, 6) is 1.07. The first-order valence-electron chi connectivity index (χ1n) is 5.52. The predicted octanol–water partition coefficient (Wildman–Crippen LogP) is 3.68. The normalized spacial score (nSPS) is 10.4. The highest BCUT2D eigenvalue weighted by Gasteiger charge is 2.18. The molecule has 0 aliphatic rings. The second-order valence-electron chi connectivity index (χ2n) is 3.86. The van der Waals surface area contributed by atoms with Gasteiger partial charge in [-0.05, 0) is 31.2 Å². The van der Waals surface area contributed by atoms with Crippen molar-refractivity contribution in [2.24, 2.45) is 0 Å². The third-order valence-corrected chi connectivity index (χ3v) is 3.52. The zero-order valence-corrected chi connectivity index (χ0v) is 11.0. The van der Waals surface area contributed by atoms with Crippen molar-refractivity contribution in [3.8, 4) is 0 Å². The van der Waals surface area contributed by atoms with E-state index in [0.29, 0.717) is 5.75 Å². The summed E-state index contributed by atoms with van der Waals surface area (Å²) in [5.41, 5.74) is -0.0238. The van der Waals surface area contributed by atoms with Gasteiger partial charge in [0.15, 0.2) is 5.78 Å². The molecular formula is C13H11NO4S. The molecule has 0 amide bonds. The van der Waals surface area contributed by atoms with Crippen LogP contribution in [0.2, 0.25) is 0 Å². The van der Waals surface area contributed by atoms with E-state index < -0.39 is 4.92 Å². The van der Waals surface area contributed by atoms with E-state index in [1.807, 2.05) is 6.07 Å². The van der Waals surface area contributed by atoms with Crippen molar-refractivity contribution < 1.29 is 14.1 Å². The fourth-order valence-electron chi connectivity index (χ4n) is 1.60. The summed E-state index contributed by atoms with van der Waals surface area (Å²) < 4.78 is 5.19. The molecule has 0 N–H and O–H groups in total. The minimum Gasteiger partial charge on any atom is -0.468 e. The van der Waals surface area contributed by atoms with Crippen LogP contribution >= 0.6 is 11.8 Å². The Hall–Kier alpha value is -2.08. The molecule has 5 nitrogen and oxygen atoms in total. The lowest BCUT2D eigenvalue weighted by atomic mass is 10.1. The van der Waals surface area contributed by atoms with Crippen LogP contribution in [0.4, 0.5) is 5.69 Å². The molecule has 0 aliphatic carbocycles. The molecule has 0 aliphatic heterocycles. The highest BCUT2D eigenvalue weighted by Crippen LogP contribution is 2.29. The number of hydrogen-bond donors (Lipinski definition) is 0. The van der Waals surface area contributed by atoms with Crippen molar-refractivity contribution in [1.29, 1.82) is 0 Å². The molecule has 1 aromatic heterocycles. The molecule has 0 saturated carbocycles. The van der Waals surface area contributed by atoms with Gasteiger partial charge in [0.2, 0.25) is 0 Å². The van der Waals surface area contributed by atoms with Crippen molar-refractivity contribution in [1.82, 2.24) is 0 Å². The SMILES string of the molecule is CC(=O)c1ccc(SCc2ccco2)cc1[N+](=O)[O-]. The van der Waals surface area contributed by atoms with Crippen LogP contribution in [0.25, 0.3) is 0 Å². The summed E-state index contributed by atoms with van der Waals surface area (Å²) in [5, 5.41) is 10.9. The molecule has 0 unspecified atom stereocenters. The number of Topliss-reactive ketones (excluding diaryl/α,β-unsaturated/α-hetero) is 1. The molecule has 19 heavy (non-hydrogen) atoms. The van der Waals surface area contributed by atoms with Crippen molar-refractivity contribution >= 4 is 23.2 Å². The number of nitro benzene ring substituents is 1. The van der Waals surface area contributed by atoms with Gasteiger partial charge in [0.1, 0.15) is 5.76 Å². The predicted molar refractivity (Wildman–Crippen MR) is 71.4 cm³/mol. The number of rotatable bonds is 5. The Morgan fingerprint density at radius 1 is 1.42 bits per heavy atom. The molecule has 1 heterocycles. The number of ketones is 1. The van der Waals surface area contributed by atoms with Crippen LogP contribution < -0.4 is 0 Å². The van der Waals surface area contributed by atoms with Crippen LogP contribution in [-0.4, -0.2) is 10.7 Å². The minimum atomic E-state index is -0.534. The van der Waals surface area contributed by atoms with Gasteiger partial charge in [0.05, 0.1) is 22.5 Å². The summed E-state index contributed by atoms with van der Waals surface area (Å²) >= 11 is 1.42. The highest BCUT2D eigenvalue weighted by atomic mass is 32.2. The first kappa shape index (κ1) is 13.4. The molecule has 0 spiro atoms. The second-order valence-corrected chi connectivity index (χ2v) is 4.91. The third-order valence-electron chi connectivity index (χ3n) is 2.51. The van der Waals surface area contributed by atoms with Crippen molar-refractivity contribution in [3.05, 3.63) is 58.0 Å². The van der Waals surface area contributed by atoms with E-state index in [1.54, 1.807) is 18.4 Å².